The number of carbonyl (C=O) groups is 1. The summed E-state index contributed by atoms with van der Waals surface area (Å²) in [6.07, 6.45) is 1.77. The Balaban J connectivity index is 1.75. The van der Waals surface area contributed by atoms with Crippen LogP contribution in [-0.4, -0.2) is 33.5 Å². The maximum Gasteiger partial charge on any atom is 0.234 e. The number of nitrogens with zero attached hydrogens (tertiary/aromatic N) is 3. The molecule has 0 aliphatic carbocycles. The van der Waals surface area contributed by atoms with Gasteiger partial charge in [-0.1, -0.05) is 47.6 Å². The van der Waals surface area contributed by atoms with E-state index in [1.54, 1.807) is 25.3 Å². The van der Waals surface area contributed by atoms with Crippen molar-refractivity contribution in [3.8, 4) is 17.1 Å². The van der Waals surface area contributed by atoms with E-state index in [0.717, 1.165) is 16.9 Å². The van der Waals surface area contributed by atoms with Crippen molar-refractivity contribution < 1.29 is 9.53 Å². The average molecular weight is 429 g/mol. The minimum absolute atomic E-state index is 0.142. The zero-order chi connectivity index (χ0) is 20.8. The number of hydrogen-bond donors (Lipinski definition) is 1. The standard InChI is InChI=1S/C21H21ClN4O2S/c1-4-10-26-20(15-6-5-7-17(11-15)28-3)24-25-21(26)29-13-19(27)23-18-12-16(22)9-8-14(18)2/h4-9,11-12H,1,10,13H2,2-3H3,(H,23,27). The van der Waals surface area contributed by atoms with Crippen LogP contribution in [0, 0.1) is 6.92 Å². The molecule has 0 bridgehead atoms. The van der Waals surface area contributed by atoms with Crippen LogP contribution in [0.25, 0.3) is 11.4 Å². The first-order valence-electron chi connectivity index (χ1n) is 8.89. The number of aromatic nitrogens is 3. The van der Waals surface area contributed by atoms with Gasteiger partial charge < -0.3 is 10.1 Å². The fourth-order valence-corrected chi connectivity index (χ4v) is 3.63. The summed E-state index contributed by atoms with van der Waals surface area (Å²) in [6.45, 7) is 6.25. The van der Waals surface area contributed by atoms with Gasteiger partial charge in [-0.25, -0.2) is 0 Å². The van der Waals surface area contributed by atoms with Crippen molar-refractivity contribution in [2.45, 2.75) is 18.6 Å². The number of amides is 1. The lowest BCUT2D eigenvalue weighted by Gasteiger charge is -2.10. The minimum Gasteiger partial charge on any atom is -0.497 e. The molecule has 0 saturated heterocycles. The van der Waals surface area contributed by atoms with Crippen molar-refractivity contribution in [3.63, 3.8) is 0 Å². The Morgan fingerprint density at radius 2 is 2.14 bits per heavy atom. The predicted octanol–water partition coefficient (Wildman–Crippen LogP) is 4.83. The van der Waals surface area contributed by atoms with Gasteiger partial charge in [-0.2, -0.15) is 0 Å². The number of methoxy groups -OCH3 is 1. The van der Waals surface area contributed by atoms with Crippen LogP contribution in [-0.2, 0) is 11.3 Å². The van der Waals surface area contributed by atoms with Crippen molar-refractivity contribution in [2.75, 3.05) is 18.2 Å². The van der Waals surface area contributed by atoms with Gasteiger partial charge in [0.05, 0.1) is 12.9 Å². The van der Waals surface area contributed by atoms with Gasteiger partial charge >= 0.3 is 0 Å². The van der Waals surface area contributed by atoms with Gasteiger partial charge in [0, 0.05) is 22.8 Å². The largest absolute Gasteiger partial charge is 0.497 e. The topological polar surface area (TPSA) is 69.0 Å². The lowest BCUT2D eigenvalue weighted by Crippen LogP contribution is -2.15. The van der Waals surface area contributed by atoms with Gasteiger partial charge in [0.25, 0.3) is 0 Å². The van der Waals surface area contributed by atoms with Crippen LogP contribution in [0.2, 0.25) is 5.02 Å². The van der Waals surface area contributed by atoms with E-state index < -0.39 is 0 Å². The molecule has 0 radical (unpaired) electrons. The van der Waals surface area contributed by atoms with Crippen molar-refractivity contribution in [1.29, 1.82) is 0 Å². The monoisotopic (exact) mass is 428 g/mol. The molecule has 1 heterocycles. The Kier molecular flexibility index (Phi) is 6.95. The van der Waals surface area contributed by atoms with Crippen molar-refractivity contribution in [2.24, 2.45) is 0 Å². The third kappa shape index (κ3) is 5.19. The Labute approximate surface area is 178 Å². The number of hydrogen-bond acceptors (Lipinski definition) is 5. The first kappa shape index (κ1) is 21.0. The minimum atomic E-state index is -0.142. The normalized spacial score (nSPS) is 10.6. The number of aryl methyl sites for hydroxylation is 1. The molecular weight excluding hydrogens is 408 g/mol. The third-order valence-electron chi connectivity index (χ3n) is 4.16. The van der Waals surface area contributed by atoms with Crippen LogP contribution >= 0.6 is 23.4 Å². The molecule has 1 N–H and O–H groups in total. The van der Waals surface area contributed by atoms with Crippen molar-refractivity contribution in [1.82, 2.24) is 14.8 Å². The molecule has 1 aromatic heterocycles. The van der Waals surface area contributed by atoms with Crippen LogP contribution in [0.15, 0.2) is 60.3 Å². The number of benzene rings is 2. The maximum atomic E-state index is 12.4. The van der Waals surface area contributed by atoms with E-state index in [4.69, 9.17) is 16.3 Å². The van der Waals surface area contributed by atoms with E-state index in [9.17, 15) is 4.79 Å². The van der Waals surface area contributed by atoms with E-state index in [1.165, 1.54) is 11.8 Å². The Hall–Kier alpha value is -2.77. The fraction of sp³-hybridized carbons (Fsp3) is 0.190. The van der Waals surface area contributed by atoms with Crippen molar-refractivity contribution >= 4 is 35.0 Å². The highest BCUT2D eigenvalue weighted by Crippen LogP contribution is 2.27. The number of thioether (sulfide) groups is 1. The average Bonchev–Trinajstić information content (AvgIpc) is 3.12. The summed E-state index contributed by atoms with van der Waals surface area (Å²) in [7, 11) is 1.62. The molecule has 6 nitrogen and oxygen atoms in total. The van der Waals surface area contributed by atoms with Crippen molar-refractivity contribution in [3.05, 3.63) is 65.7 Å². The Morgan fingerprint density at radius 3 is 2.90 bits per heavy atom. The van der Waals surface area contributed by atoms with Gasteiger partial charge in [-0.3, -0.25) is 9.36 Å². The number of ether oxygens (including phenoxy) is 1. The molecule has 150 valence electrons. The first-order chi connectivity index (χ1) is 14.0. The second-order valence-corrected chi connectivity index (χ2v) is 7.61. The molecule has 8 heteroatoms. The van der Waals surface area contributed by atoms with E-state index in [1.807, 2.05) is 41.8 Å². The lowest BCUT2D eigenvalue weighted by molar-refractivity contribution is -0.113. The molecule has 0 aliphatic heterocycles. The molecule has 29 heavy (non-hydrogen) atoms. The highest BCUT2D eigenvalue weighted by Gasteiger charge is 2.16. The molecule has 2 aromatic carbocycles. The summed E-state index contributed by atoms with van der Waals surface area (Å²) in [5.41, 5.74) is 2.53. The number of allylic oxidation sites excluding steroid dienone is 1. The third-order valence-corrected chi connectivity index (χ3v) is 5.36. The summed E-state index contributed by atoms with van der Waals surface area (Å²) in [6, 6.07) is 13.0. The molecular formula is C21H21ClN4O2S. The second kappa shape index (κ2) is 9.62. The van der Waals surface area contributed by atoms with Crippen LogP contribution in [0.4, 0.5) is 5.69 Å². The molecule has 0 fully saturated rings. The van der Waals surface area contributed by atoms with E-state index >= 15 is 0 Å². The van der Waals surface area contributed by atoms with Crippen LogP contribution in [0.5, 0.6) is 5.75 Å². The predicted molar refractivity (Wildman–Crippen MR) is 118 cm³/mol. The Bertz CT molecular complexity index is 1040. The Morgan fingerprint density at radius 1 is 1.31 bits per heavy atom. The van der Waals surface area contributed by atoms with Gasteiger partial charge in [-0.05, 0) is 36.8 Å². The van der Waals surface area contributed by atoms with Gasteiger partial charge in [-0.15, -0.1) is 16.8 Å². The second-order valence-electron chi connectivity index (χ2n) is 6.23. The van der Waals surface area contributed by atoms with E-state index in [2.05, 4.69) is 22.1 Å². The summed E-state index contributed by atoms with van der Waals surface area (Å²) < 4.78 is 7.21. The fourth-order valence-electron chi connectivity index (χ4n) is 2.71. The molecule has 0 spiro atoms. The van der Waals surface area contributed by atoms with Crippen LogP contribution < -0.4 is 10.1 Å². The molecule has 3 aromatic rings. The SMILES string of the molecule is C=CCn1c(SCC(=O)Nc2cc(Cl)ccc2C)nnc1-c1cccc(OC)c1. The van der Waals surface area contributed by atoms with E-state index in [-0.39, 0.29) is 11.7 Å². The van der Waals surface area contributed by atoms with E-state index in [0.29, 0.717) is 28.2 Å². The zero-order valence-electron chi connectivity index (χ0n) is 16.2. The summed E-state index contributed by atoms with van der Waals surface area (Å²) in [5.74, 6) is 1.48. The number of carbonyl (C=O) groups excluding carboxylic acids is 1. The highest BCUT2D eigenvalue weighted by atomic mass is 35.5. The number of rotatable bonds is 8. The smallest absolute Gasteiger partial charge is 0.234 e. The van der Waals surface area contributed by atoms with Crippen LogP contribution in [0.3, 0.4) is 0 Å². The number of anilines is 1. The zero-order valence-corrected chi connectivity index (χ0v) is 17.8. The number of halogens is 1. The number of nitrogens with one attached hydrogen (secondary N) is 1. The molecule has 0 unspecified atom stereocenters. The molecule has 1 amide bonds. The summed E-state index contributed by atoms with van der Waals surface area (Å²) in [5, 5.41) is 12.7. The van der Waals surface area contributed by atoms with Crippen LogP contribution in [0.1, 0.15) is 5.56 Å². The molecule has 3 rings (SSSR count). The lowest BCUT2D eigenvalue weighted by atomic mass is 10.2. The first-order valence-corrected chi connectivity index (χ1v) is 10.3. The quantitative estimate of drug-likeness (QED) is 0.411. The molecule has 0 atom stereocenters. The van der Waals surface area contributed by atoms with Gasteiger partial charge in [0.1, 0.15) is 5.75 Å². The molecule has 0 saturated carbocycles. The maximum absolute atomic E-state index is 12.4. The van der Waals surface area contributed by atoms with Gasteiger partial charge in [0.15, 0.2) is 11.0 Å². The summed E-state index contributed by atoms with van der Waals surface area (Å²) >= 11 is 7.33. The molecule has 0 aliphatic rings. The van der Waals surface area contributed by atoms with Gasteiger partial charge in [0.2, 0.25) is 5.91 Å². The highest BCUT2D eigenvalue weighted by molar-refractivity contribution is 7.99. The summed E-state index contributed by atoms with van der Waals surface area (Å²) in [4.78, 5) is 12.4.